The second kappa shape index (κ2) is 8.34. The monoisotopic (exact) mass is 314 g/mol. The second-order valence-corrected chi connectivity index (χ2v) is 5.53. The first-order chi connectivity index (χ1) is 9.86. The first-order valence-corrected chi connectivity index (χ1v) is 7.17. The Balaban J connectivity index is 2.64. The fourth-order valence-corrected chi connectivity index (χ4v) is 2.09. The Morgan fingerprint density at radius 2 is 2.19 bits per heavy atom. The molecule has 118 valence electrons. The lowest BCUT2D eigenvalue weighted by Gasteiger charge is -2.26. The summed E-state index contributed by atoms with van der Waals surface area (Å²) in [4.78, 5) is 14.0. The number of aliphatic hydroxyl groups excluding tert-OH is 1. The Labute approximate surface area is 130 Å². The number of halogens is 1. The van der Waals surface area contributed by atoms with Gasteiger partial charge in [-0.1, -0.05) is 17.7 Å². The quantitative estimate of drug-likeness (QED) is 0.807. The average molecular weight is 315 g/mol. The first-order valence-electron chi connectivity index (χ1n) is 6.80. The number of anilines is 1. The minimum Gasteiger partial charge on any atom is -0.389 e. The highest BCUT2D eigenvalue weighted by Crippen LogP contribution is 2.23. The number of likely N-dealkylation sites (N-methyl/N-ethyl adjacent to an activating group) is 1. The van der Waals surface area contributed by atoms with Gasteiger partial charge in [0.2, 0.25) is 5.91 Å². The van der Waals surface area contributed by atoms with E-state index in [0.29, 0.717) is 17.3 Å². The number of methoxy groups -OCH3 is 1. The van der Waals surface area contributed by atoms with Crippen molar-refractivity contribution in [2.75, 3.05) is 32.6 Å². The number of benzene rings is 1. The molecule has 0 saturated carbocycles. The molecule has 2 atom stereocenters. The summed E-state index contributed by atoms with van der Waals surface area (Å²) >= 11 is 6.03. The molecule has 0 saturated heterocycles. The molecule has 0 spiro atoms. The predicted octanol–water partition coefficient (Wildman–Crippen LogP) is 1.91. The van der Waals surface area contributed by atoms with Crippen LogP contribution in [0.1, 0.15) is 12.5 Å². The lowest BCUT2D eigenvalue weighted by molar-refractivity contribution is -0.120. The van der Waals surface area contributed by atoms with E-state index in [9.17, 15) is 9.90 Å². The highest BCUT2D eigenvalue weighted by Gasteiger charge is 2.21. The molecular formula is C15H23ClN2O3. The molecule has 1 rings (SSSR count). The van der Waals surface area contributed by atoms with Gasteiger partial charge < -0.3 is 15.2 Å². The molecule has 0 aliphatic heterocycles. The Hall–Kier alpha value is -1.14. The lowest BCUT2D eigenvalue weighted by Crippen LogP contribution is -2.44. The third kappa shape index (κ3) is 5.28. The third-order valence-corrected chi connectivity index (χ3v) is 3.83. The molecule has 0 fully saturated rings. The van der Waals surface area contributed by atoms with Gasteiger partial charge >= 0.3 is 0 Å². The summed E-state index contributed by atoms with van der Waals surface area (Å²) in [5, 5.41) is 13.2. The number of nitrogens with zero attached hydrogens (tertiary/aromatic N) is 1. The highest BCUT2D eigenvalue weighted by atomic mass is 35.5. The number of carbonyl (C=O) groups is 1. The van der Waals surface area contributed by atoms with Crippen molar-refractivity contribution in [3.8, 4) is 0 Å². The van der Waals surface area contributed by atoms with Crippen LogP contribution in [0.15, 0.2) is 18.2 Å². The molecule has 0 radical (unpaired) electrons. The Morgan fingerprint density at radius 1 is 1.52 bits per heavy atom. The number of rotatable bonds is 7. The van der Waals surface area contributed by atoms with Crippen LogP contribution in [0.4, 0.5) is 5.69 Å². The summed E-state index contributed by atoms with van der Waals surface area (Å²) in [5.74, 6) is -0.146. The van der Waals surface area contributed by atoms with Crippen LogP contribution in [0.5, 0.6) is 0 Å². The number of nitrogens with one attached hydrogen (secondary N) is 1. The molecule has 1 aromatic rings. The van der Waals surface area contributed by atoms with E-state index >= 15 is 0 Å². The van der Waals surface area contributed by atoms with Crippen molar-refractivity contribution in [1.29, 1.82) is 0 Å². The lowest BCUT2D eigenvalue weighted by atomic mass is 10.2. The van der Waals surface area contributed by atoms with Crippen LogP contribution in [0.3, 0.4) is 0 Å². The second-order valence-electron chi connectivity index (χ2n) is 5.13. The van der Waals surface area contributed by atoms with Crippen molar-refractivity contribution in [3.05, 3.63) is 28.8 Å². The number of ether oxygens (including phenoxy) is 1. The van der Waals surface area contributed by atoms with E-state index in [2.05, 4.69) is 5.32 Å². The van der Waals surface area contributed by atoms with Crippen molar-refractivity contribution >= 4 is 23.2 Å². The van der Waals surface area contributed by atoms with Crippen molar-refractivity contribution < 1.29 is 14.6 Å². The number of hydrogen-bond acceptors (Lipinski definition) is 4. The van der Waals surface area contributed by atoms with E-state index in [4.69, 9.17) is 16.3 Å². The van der Waals surface area contributed by atoms with Crippen LogP contribution in [-0.4, -0.2) is 55.4 Å². The number of aliphatic hydroxyl groups is 1. The molecular weight excluding hydrogens is 292 g/mol. The van der Waals surface area contributed by atoms with Gasteiger partial charge in [-0.2, -0.15) is 0 Å². The summed E-state index contributed by atoms with van der Waals surface area (Å²) in [6.07, 6.45) is -0.622. The van der Waals surface area contributed by atoms with Gasteiger partial charge in [-0.05, 0) is 38.6 Å². The topological polar surface area (TPSA) is 61.8 Å². The largest absolute Gasteiger partial charge is 0.389 e. The van der Waals surface area contributed by atoms with Crippen LogP contribution in [-0.2, 0) is 9.53 Å². The molecule has 2 unspecified atom stereocenters. The fraction of sp³-hybridized carbons (Fsp3) is 0.533. The molecule has 0 aliphatic rings. The Bertz CT molecular complexity index is 482. The van der Waals surface area contributed by atoms with Gasteiger partial charge in [0.05, 0.1) is 18.8 Å². The maximum Gasteiger partial charge on any atom is 0.241 e. The number of hydrogen-bond donors (Lipinski definition) is 2. The van der Waals surface area contributed by atoms with Gasteiger partial charge in [0.15, 0.2) is 0 Å². The maximum atomic E-state index is 12.2. The van der Waals surface area contributed by atoms with E-state index in [-0.39, 0.29) is 18.6 Å². The highest BCUT2D eigenvalue weighted by molar-refractivity contribution is 6.31. The Kier molecular flexibility index (Phi) is 7.11. The van der Waals surface area contributed by atoms with Gasteiger partial charge in [0.1, 0.15) is 0 Å². The molecule has 6 heteroatoms. The minimum atomic E-state index is -0.622. The molecule has 1 amide bonds. The molecule has 0 aliphatic carbocycles. The van der Waals surface area contributed by atoms with Gasteiger partial charge in [0, 0.05) is 24.4 Å². The standard InChI is InChI=1S/C15H23ClN2O3/c1-10-13(16)6-5-7-14(10)17-15(20)11(2)18(3)8-12(19)9-21-4/h5-7,11-12,19H,8-9H2,1-4H3,(H,17,20). The Morgan fingerprint density at radius 3 is 2.81 bits per heavy atom. The van der Waals surface area contributed by atoms with Crippen molar-refractivity contribution in [2.45, 2.75) is 26.0 Å². The molecule has 5 nitrogen and oxygen atoms in total. The molecule has 0 aromatic heterocycles. The normalized spacial score (nSPS) is 14.0. The van der Waals surface area contributed by atoms with Gasteiger partial charge in [-0.15, -0.1) is 0 Å². The zero-order valence-electron chi connectivity index (χ0n) is 12.9. The summed E-state index contributed by atoms with van der Waals surface area (Å²) in [5.41, 5.74) is 1.53. The van der Waals surface area contributed by atoms with Gasteiger partial charge in [-0.3, -0.25) is 9.69 Å². The first kappa shape index (κ1) is 17.9. The van der Waals surface area contributed by atoms with Gasteiger partial charge in [0.25, 0.3) is 0 Å². The zero-order chi connectivity index (χ0) is 16.0. The van der Waals surface area contributed by atoms with Gasteiger partial charge in [-0.25, -0.2) is 0 Å². The third-order valence-electron chi connectivity index (χ3n) is 3.42. The van der Waals surface area contributed by atoms with Crippen molar-refractivity contribution in [2.24, 2.45) is 0 Å². The summed E-state index contributed by atoms with van der Waals surface area (Å²) in [6.45, 7) is 4.24. The van der Waals surface area contributed by atoms with Crippen LogP contribution in [0.25, 0.3) is 0 Å². The molecule has 0 heterocycles. The molecule has 0 bridgehead atoms. The van der Waals surface area contributed by atoms with E-state index in [1.807, 2.05) is 13.0 Å². The molecule has 2 N–H and O–H groups in total. The SMILES string of the molecule is COCC(O)CN(C)C(C)C(=O)Nc1cccc(Cl)c1C. The number of amides is 1. The van der Waals surface area contributed by atoms with Crippen LogP contribution < -0.4 is 5.32 Å². The van der Waals surface area contributed by atoms with Crippen LogP contribution in [0, 0.1) is 6.92 Å². The molecule has 1 aromatic carbocycles. The molecule has 21 heavy (non-hydrogen) atoms. The maximum absolute atomic E-state index is 12.2. The van der Waals surface area contributed by atoms with Crippen molar-refractivity contribution in [3.63, 3.8) is 0 Å². The fourth-order valence-electron chi connectivity index (χ4n) is 1.92. The number of carbonyl (C=O) groups excluding carboxylic acids is 1. The van der Waals surface area contributed by atoms with E-state index in [0.717, 1.165) is 5.56 Å². The van der Waals surface area contributed by atoms with E-state index in [1.165, 1.54) is 7.11 Å². The average Bonchev–Trinajstić information content (AvgIpc) is 2.43. The minimum absolute atomic E-state index is 0.146. The zero-order valence-corrected chi connectivity index (χ0v) is 13.6. The van der Waals surface area contributed by atoms with Crippen molar-refractivity contribution in [1.82, 2.24) is 4.90 Å². The van der Waals surface area contributed by atoms with E-state index in [1.54, 1.807) is 31.0 Å². The summed E-state index contributed by atoms with van der Waals surface area (Å²) in [6, 6.07) is 5.01. The summed E-state index contributed by atoms with van der Waals surface area (Å²) < 4.78 is 4.88. The summed E-state index contributed by atoms with van der Waals surface area (Å²) in [7, 11) is 3.31. The van der Waals surface area contributed by atoms with Crippen LogP contribution >= 0.6 is 11.6 Å². The van der Waals surface area contributed by atoms with Crippen LogP contribution in [0.2, 0.25) is 5.02 Å². The predicted molar refractivity (Wildman–Crippen MR) is 84.8 cm³/mol. The smallest absolute Gasteiger partial charge is 0.241 e. The van der Waals surface area contributed by atoms with E-state index < -0.39 is 6.10 Å².